The average Bonchev–Trinajstić information content (AvgIpc) is 3.20. The van der Waals surface area contributed by atoms with Gasteiger partial charge in [0, 0.05) is 6.07 Å². The fourth-order valence-corrected chi connectivity index (χ4v) is 1.90. The van der Waals surface area contributed by atoms with Gasteiger partial charge in [0.05, 0.1) is 16.2 Å². The Balaban J connectivity index is 1.89. The van der Waals surface area contributed by atoms with Crippen LogP contribution < -0.4 is 5.06 Å². The van der Waals surface area contributed by atoms with E-state index in [1.807, 2.05) is 30.3 Å². The van der Waals surface area contributed by atoms with E-state index in [0.717, 1.165) is 5.69 Å². The molecule has 1 aliphatic heterocycles. The Kier molecular flexibility index (Phi) is 2.46. The highest BCUT2D eigenvalue weighted by molar-refractivity contribution is 5.53. The average molecular weight is 242 g/mol. The van der Waals surface area contributed by atoms with E-state index in [1.165, 1.54) is 6.07 Å². The lowest BCUT2D eigenvalue weighted by Crippen LogP contribution is -1.98. The van der Waals surface area contributed by atoms with Gasteiger partial charge in [-0.15, -0.1) is 0 Å². The third-order valence-electron chi connectivity index (χ3n) is 2.79. The molecule has 1 aliphatic rings. The number of benzene rings is 2. The summed E-state index contributed by atoms with van der Waals surface area (Å²) < 4.78 is 0. The van der Waals surface area contributed by atoms with E-state index in [1.54, 1.807) is 23.3 Å². The molecule has 0 spiro atoms. The summed E-state index contributed by atoms with van der Waals surface area (Å²) in [5.74, 6) is 0. The number of para-hydroxylation sites is 2. The normalized spacial score (nSPS) is 17.6. The Morgan fingerprint density at radius 3 is 2.44 bits per heavy atom. The maximum absolute atomic E-state index is 10.9. The molecule has 1 saturated heterocycles. The summed E-state index contributed by atoms with van der Waals surface area (Å²) in [6.07, 6.45) is -0.367. The van der Waals surface area contributed by atoms with Crippen molar-refractivity contribution in [3.63, 3.8) is 0 Å². The molecule has 18 heavy (non-hydrogen) atoms. The van der Waals surface area contributed by atoms with Gasteiger partial charge in [-0.2, -0.15) is 0 Å². The minimum absolute atomic E-state index is 0.0842. The van der Waals surface area contributed by atoms with Crippen LogP contribution >= 0.6 is 0 Å². The van der Waals surface area contributed by atoms with E-state index in [0.29, 0.717) is 5.56 Å². The first-order valence-corrected chi connectivity index (χ1v) is 5.52. The second-order valence-corrected chi connectivity index (χ2v) is 3.94. The highest BCUT2D eigenvalue weighted by Crippen LogP contribution is 2.44. The summed E-state index contributed by atoms with van der Waals surface area (Å²) in [6, 6.07) is 16.1. The van der Waals surface area contributed by atoms with Gasteiger partial charge < -0.3 is 0 Å². The van der Waals surface area contributed by atoms with Crippen molar-refractivity contribution in [3.05, 3.63) is 70.3 Å². The Morgan fingerprint density at radius 1 is 1.06 bits per heavy atom. The number of anilines is 1. The summed E-state index contributed by atoms with van der Waals surface area (Å²) in [4.78, 5) is 15.9. The smallest absolute Gasteiger partial charge is 0.258 e. The lowest BCUT2D eigenvalue weighted by atomic mass is 10.1. The summed E-state index contributed by atoms with van der Waals surface area (Å²) in [7, 11) is 0. The van der Waals surface area contributed by atoms with E-state index in [-0.39, 0.29) is 16.8 Å². The van der Waals surface area contributed by atoms with Gasteiger partial charge in [-0.1, -0.05) is 30.3 Å². The predicted octanol–water partition coefficient (Wildman–Crippen LogP) is 3.05. The first-order chi connectivity index (χ1) is 8.77. The topological polar surface area (TPSA) is 58.7 Å². The quantitative estimate of drug-likeness (QED) is 0.471. The van der Waals surface area contributed by atoms with E-state index in [9.17, 15) is 10.1 Å². The number of nitro groups is 1. The molecule has 1 heterocycles. The molecule has 1 unspecified atom stereocenters. The third kappa shape index (κ3) is 1.80. The number of rotatable bonds is 3. The predicted molar refractivity (Wildman–Crippen MR) is 65.8 cm³/mol. The molecule has 0 bridgehead atoms. The lowest BCUT2D eigenvalue weighted by molar-refractivity contribution is -0.385. The van der Waals surface area contributed by atoms with Crippen molar-refractivity contribution in [1.29, 1.82) is 0 Å². The van der Waals surface area contributed by atoms with Gasteiger partial charge in [-0.25, -0.2) is 9.90 Å². The Morgan fingerprint density at radius 2 is 1.72 bits per heavy atom. The van der Waals surface area contributed by atoms with Crippen LogP contribution in [-0.4, -0.2) is 4.92 Å². The van der Waals surface area contributed by atoms with Gasteiger partial charge in [0.15, 0.2) is 0 Å². The molecule has 5 nitrogen and oxygen atoms in total. The van der Waals surface area contributed by atoms with Crippen molar-refractivity contribution in [2.45, 2.75) is 6.23 Å². The van der Waals surface area contributed by atoms with Crippen LogP contribution in [0, 0.1) is 10.1 Å². The van der Waals surface area contributed by atoms with Crippen LogP contribution in [0.2, 0.25) is 0 Å². The summed E-state index contributed by atoms with van der Waals surface area (Å²) in [5, 5.41) is 12.6. The molecule has 1 fully saturated rings. The number of hydrogen-bond acceptors (Lipinski definition) is 4. The molecule has 0 N–H and O–H groups in total. The van der Waals surface area contributed by atoms with E-state index in [2.05, 4.69) is 0 Å². The fraction of sp³-hybridized carbons (Fsp3) is 0.0769. The van der Waals surface area contributed by atoms with Crippen molar-refractivity contribution in [3.8, 4) is 0 Å². The molecule has 3 rings (SSSR count). The highest BCUT2D eigenvalue weighted by atomic mass is 16.8. The SMILES string of the molecule is O=[N+]([O-])c1ccccc1C1ON1c1ccccc1. The molecule has 0 radical (unpaired) electrons. The van der Waals surface area contributed by atoms with Crippen LogP contribution in [0.15, 0.2) is 54.6 Å². The zero-order valence-electron chi connectivity index (χ0n) is 9.39. The second kappa shape index (κ2) is 4.12. The van der Waals surface area contributed by atoms with Crippen molar-refractivity contribution in [2.75, 3.05) is 5.06 Å². The van der Waals surface area contributed by atoms with Gasteiger partial charge in [-0.3, -0.25) is 10.1 Å². The zero-order chi connectivity index (χ0) is 12.5. The molecule has 0 saturated carbocycles. The van der Waals surface area contributed by atoms with Crippen LogP contribution in [0.1, 0.15) is 11.8 Å². The molecular weight excluding hydrogens is 232 g/mol. The molecule has 0 aromatic heterocycles. The lowest BCUT2D eigenvalue weighted by Gasteiger charge is -2.00. The van der Waals surface area contributed by atoms with Gasteiger partial charge >= 0.3 is 0 Å². The minimum Gasteiger partial charge on any atom is -0.258 e. The van der Waals surface area contributed by atoms with Gasteiger partial charge in [-0.05, 0) is 18.2 Å². The Hall–Kier alpha value is -2.40. The molecule has 0 amide bonds. The minimum atomic E-state index is -0.389. The standard InChI is InChI=1S/C13H10N2O3/c16-15(17)12-9-5-4-8-11(12)13-14(18-13)10-6-2-1-3-7-10/h1-9,13H. The maximum Gasteiger partial charge on any atom is 0.277 e. The number of nitro benzene ring substituents is 1. The monoisotopic (exact) mass is 242 g/mol. The molecule has 0 aliphatic carbocycles. The molecule has 2 aromatic rings. The van der Waals surface area contributed by atoms with Crippen molar-refractivity contribution >= 4 is 11.4 Å². The van der Waals surface area contributed by atoms with Crippen LogP contribution in [0.4, 0.5) is 11.4 Å². The summed E-state index contributed by atoms with van der Waals surface area (Å²) in [6.45, 7) is 0. The van der Waals surface area contributed by atoms with Gasteiger partial charge in [0.2, 0.25) is 6.23 Å². The molecule has 2 aromatic carbocycles. The maximum atomic E-state index is 10.9. The summed E-state index contributed by atoms with van der Waals surface area (Å²) in [5.41, 5.74) is 1.55. The van der Waals surface area contributed by atoms with Crippen LogP contribution in [0.3, 0.4) is 0 Å². The molecular formula is C13H10N2O3. The van der Waals surface area contributed by atoms with Crippen molar-refractivity contribution < 1.29 is 9.76 Å². The first-order valence-electron chi connectivity index (χ1n) is 5.52. The molecule has 90 valence electrons. The van der Waals surface area contributed by atoms with Crippen LogP contribution in [-0.2, 0) is 4.84 Å². The highest BCUT2D eigenvalue weighted by Gasteiger charge is 2.42. The van der Waals surface area contributed by atoms with E-state index in [4.69, 9.17) is 4.84 Å². The Labute approximate surface area is 103 Å². The van der Waals surface area contributed by atoms with Gasteiger partial charge in [0.25, 0.3) is 5.69 Å². The number of hydroxylamine groups is 1. The Bertz CT molecular complexity index is 586. The molecule has 5 heteroatoms. The summed E-state index contributed by atoms with van der Waals surface area (Å²) >= 11 is 0. The van der Waals surface area contributed by atoms with Gasteiger partial charge in [0.1, 0.15) is 0 Å². The third-order valence-corrected chi connectivity index (χ3v) is 2.79. The number of nitrogens with zero attached hydrogens (tertiary/aromatic N) is 2. The zero-order valence-corrected chi connectivity index (χ0v) is 9.39. The van der Waals surface area contributed by atoms with E-state index >= 15 is 0 Å². The number of hydrogen-bond donors (Lipinski definition) is 0. The van der Waals surface area contributed by atoms with Crippen LogP contribution in [0.5, 0.6) is 0 Å². The largest absolute Gasteiger partial charge is 0.277 e. The van der Waals surface area contributed by atoms with Crippen molar-refractivity contribution in [1.82, 2.24) is 0 Å². The van der Waals surface area contributed by atoms with E-state index < -0.39 is 0 Å². The fourth-order valence-electron chi connectivity index (χ4n) is 1.90. The second-order valence-electron chi connectivity index (χ2n) is 3.94. The van der Waals surface area contributed by atoms with Crippen LogP contribution in [0.25, 0.3) is 0 Å². The van der Waals surface area contributed by atoms with Crippen molar-refractivity contribution in [2.24, 2.45) is 0 Å². The first kappa shape index (κ1) is 10.7. The molecule has 1 atom stereocenters.